The lowest BCUT2D eigenvalue weighted by atomic mass is 9.98. The molecule has 7 heteroatoms. The highest BCUT2D eigenvalue weighted by Gasteiger charge is 2.31. The number of halogens is 3. The standard InChI is InChI=1S/C16H14F3NO3/c1-22-15(21)12-4-2-3-11(9-12)14(20)10-5-7-13(8-6-10)23-16(17,18)19/h2-9,14H,20H2,1H3/t14-/m0/s1. The second-order valence-corrected chi connectivity index (χ2v) is 4.71. The monoisotopic (exact) mass is 325 g/mol. The van der Waals surface area contributed by atoms with Crippen LogP contribution in [-0.2, 0) is 4.74 Å². The molecule has 0 bridgehead atoms. The van der Waals surface area contributed by atoms with Gasteiger partial charge in [0.25, 0.3) is 0 Å². The van der Waals surface area contributed by atoms with E-state index in [1.54, 1.807) is 24.3 Å². The van der Waals surface area contributed by atoms with Crippen molar-refractivity contribution in [2.45, 2.75) is 12.4 Å². The summed E-state index contributed by atoms with van der Waals surface area (Å²) >= 11 is 0. The van der Waals surface area contributed by atoms with Gasteiger partial charge in [0.05, 0.1) is 18.7 Å². The van der Waals surface area contributed by atoms with Crippen molar-refractivity contribution in [3.63, 3.8) is 0 Å². The molecular weight excluding hydrogens is 311 g/mol. The Morgan fingerprint density at radius 1 is 1.09 bits per heavy atom. The van der Waals surface area contributed by atoms with Crippen molar-refractivity contribution in [1.29, 1.82) is 0 Å². The molecule has 0 fully saturated rings. The third kappa shape index (κ3) is 4.46. The minimum absolute atomic E-state index is 0.322. The molecule has 0 radical (unpaired) electrons. The first-order valence-corrected chi connectivity index (χ1v) is 6.60. The largest absolute Gasteiger partial charge is 0.573 e. The molecule has 2 aromatic carbocycles. The van der Waals surface area contributed by atoms with Crippen LogP contribution >= 0.6 is 0 Å². The van der Waals surface area contributed by atoms with Gasteiger partial charge in [-0.3, -0.25) is 0 Å². The number of esters is 1. The average molecular weight is 325 g/mol. The van der Waals surface area contributed by atoms with Gasteiger partial charge in [-0.25, -0.2) is 4.79 Å². The van der Waals surface area contributed by atoms with Crippen LogP contribution in [0.1, 0.15) is 27.5 Å². The molecule has 0 aliphatic heterocycles. The highest BCUT2D eigenvalue weighted by atomic mass is 19.4. The van der Waals surface area contributed by atoms with Crippen molar-refractivity contribution < 1.29 is 27.4 Å². The smallest absolute Gasteiger partial charge is 0.465 e. The van der Waals surface area contributed by atoms with Crippen molar-refractivity contribution in [3.8, 4) is 5.75 Å². The topological polar surface area (TPSA) is 61.5 Å². The van der Waals surface area contributed by atoms with E-state index in [1.807, 2.05) is 0 Å². The molecule has 2 rings (SSSR count). The van der Waals surface area contributed by atoms with Crippen molar-refractivity contribution in [2.24, 2.45) is 5.73 Å². The molecule has 2 aromatic rings. The van der Waals surface area contributed by atoms with Gasteiger partial charge in [0.1, 0.15) is 5.75 Å². The first-order chi connectivity index (χ1) is 10.8. The SMILES string of the molecule is COC(=O)c1cccc([C@@H](N)c2ccc(OC(F)(F)F)cc2)c1. The molecule has 23 heavy (non-hydrogen) atoms. The Balaban J connectivity index is 2.20. The lowest BCUT2D eigenvalue weighted by Crippen LogP contribution is -2.17. The van der Waals surface area contributed by atoms with Crippen LogP contribution in [0.5, 0.6) is 5.75 Å². The molecule has 2 N–H and O–H groups in total. The molecule has 0 aliphatic rings. The van der Waals surface area contributed by atoms with Crippen LogP contribution in [0.4, 0.5) is 13.2 Å². The number of ether oxygens (including phenoxy) is 2. The molecule has 0 unspecified atom stereocenters. The third-order valence-corrected chi connectivity index (χ3v) is 3.14. The molecule has 0 saturated heterocycles. The molecule has 0 heterocycles. The molecule has 0 amide bonds. The van der Waals surface area contributed by atoms with E-state index >= 15 is 0 Å². The number of benzene rings is 2. The fourth-order valence-electron chi connectivity index (χ4n) is 2.05. The van der Waals surface area contributed by atoms with Gasteiger partial charge in [-0.2, -0.15) is 0 Å². The minimum Gasteiger partial charge on any atom is -0.465 e. The first kappa shape index (κ1) is 16.8. The maximum Gasteiger partial charge on any atom is 0.573 e. The summed E-state index contributed by atoms with van der Waals surface area (Å²) in [6, 6.07) is 11.2. The Bertz CT molecular complexity index is 684. The lowest BCUT2D eigenvalue weighted by molar-refractivity contribution is -0.274. The van der Waals surface area contributed by atoms with Crippen LogP contribution in [0.3, 0.4) is 0 Å². The Morgan fingerprint density at radius 2 is 1.74 bits per heavy atom. The number of carbonyl (C=O) groups is 1. The van der Waals surface area contributed by atoms with E-state index < -0.39 is 18.4 Å². The molecule has 0 spiro atoms. The number of methoxy groups -OCH3 is 1. The normalized spacial score (nSPS) is 12.6. The number of carbonyl (C=O) groups excluding carboxylic acids is 1. The van der Waals surface area contributed by atoms with Gasteiger partial charge in [-0.1, -0.05) is 24.3 Å². The number of hydrogen-bond donors (Lipinski definition) is 1. The zero-order valence-corrected chi connectivity index (χ0v) is 12.1. The molecule has 0 aliphatic carbocycles. The number of hydrogen-bond acceptors (Lipinski definition) is 4. The summed E-state index contributed by atoms with van der Waals surface area (Å²) in [6.07, 6.45) is -4.74. The predicted molar refractivity (Wildman–Crippen MR) is 76.9 cm³/mol. The van der Waals surface area contributed by atoms with Gasteiger partial charge in [-0.05, 0) is 35.4 Å². The van der Waals surface area contributed by atoms with Crippen molar-refractivity contribution in [1.82, 2.24) is 0 Å². The zero-order valence-electron chi connectivity index (χ0n) is 12.1. The summed E-state index contributed by atoms with van der Waals surface area (Å²) in [4.78, 5) is 11.5. The van der Waals surface area contributed by atoms with E-state index in [1.165, 1.54) is 31.4 Å². The van der Waals surface area contributed by atoms with Crippen molar-refractivity contribution in [2.75, 3.05) is 7.11 Å². The summed E-state index contributed by atoms with van der Waals surface area (Å²) in [7, 11) is 1.27. The Hall–Kier alpha value is -2.54. The second-order valence-electron chi connectivity index (χ2n) is 4.71. The fraction of sp³-hybridized carbons (Fsp3) is 0.188. The van der Waals surface area contributed by atoms with E-state index in [9.17, 15) is 18.0 Å². The Morgan fingerprint density at radius 3 is 2.30 bits per heavy atom. The van der Waals surface area contributed by atoms with Crippen LogP contribution in [0.15, 0.2) is 48.5 Å². The zero-order chi connectivity index (χ0) is 17.0. The Labute approximate surface area is 130 Å². The summed E-state index contributed by atoms with van der Waals surface area (Å²) in [5, 5.41) is 0. The van der Waals surface area contributed by atoms with E-state index in [4.69, 9.17) is 5.73 Å². The minimum atomic E-state index is -4.74. The lowest BCUT2D eigenvalue weighted by Gasteiger charge is -2.15. The fourth-order valence-corrected chi connectivity index (χ4v) is 2.05. The van der Waals surface area contributed by atoms with Crippen molar-refractivity contribution >= 4 is 5.97 Å². The van der Waals surface area contributed by atoms with Gasteiger partial charge in [0.15, 0.2) is 0 Å². The molecule has 4 nitrogen and oxygen atoms in total. The van der Waals surface area contributed by atoms with Crippen LogP contribution in [-0.4, -0.2) is 19.4 Å². The van der Waals surface area contributed by atoms with Crippen LogP contribution in [0.25, 0.3) is 0 Å². The number of nitrogens with two attached hydrogens (primary N) is 1. The maximum atomic E-state index is 12.1. The van der Waals surface area contributed by atoms with Gasteiger partial charge >= 0.3 is 12.3 Å². The number of rotatable bonds is 4. The summed E-state index contributed by atoms with van der Waals surface area (Å²) in [6.45, 7) is 0. The first-order valence-electron chi connectivity index (χ1n) is 6.60. The van der Waals surface area contributed by atoms with Gasteiger partial charge < -0.3 is 15.2 Å². The van der Waals surface area contributed by atoms with Gasteiger partial charge in [0.2, 0.25) is 0 Å². The summed E-state index contributed by atoms with van der Waals surface area (Å²) < 4.78 is 44.8. The average Bonchev–Trinajstić information content (AvgIpc) is 2.53. The molecule has 0 saturated carbocycles. The van der Waals surface area contributed by atoms with E-state index in [-0.39, 0.29) is 5.75 Å². The molecule has 0 aromatic heterocycles. The summed E-state index contributed by atoms with van der Waals surface area (Å²) in [5.41, 5.74) is 7.66. The van der Waals surface area contributed by atoms with Gasteiger partial charge in [0, 0.05) is 0 Å². The predicted octanol–water partition coefficient (Wildman–Crippen LogP) is 3.42. The second kappa shape index (κ2) is 6.70. The van der Waals surface area contributed by atoms with Crippen LogP contribution in [0.2, 0.25) is 0 Å². The maximum absolute atomic E-state index is 12.1. The van der Waals surface area contributed by atoms with E-state index in [0.717, 1.165) is 0 Å². The molecule has 122 valence electrons. The highest BCUT2D eigenvalue weighted by molar-refractivity contribution is 5.89. The summed E-state index contributed by atoms with van der Waals surface area (Å²) in [5.74, 6) is -0.815. The highest BCUT2D eigenvalue weighted by Crippen LogP contribution is 2.26. The third-order valence-electron chi connectivity index (χ3n) is 3.14. The molecular formula is C16H14F3NO3. The van der Waals surface area contributed by atoms with E-state index in [2.05, 4.69) is 9.47 Å². The van der Waals surface area contributed by atoms with E-state index in [0.29, 0.717) is 16.7 Å². The van der Waals surface area contributed by atoms with Gasteiger partial charge in [-0.15, -0.1) is 13.2 Å². The van der Waals surface area contributed by atoms with Crippen molar-refractivity contribution in [3.05, 3.63) is 65.2 Å². The van der Waals surface area contributed by atoms with Crippen LogP contribution in [0, 0.1) is 0 Å². The Kier molecular flexibility index (Phi) is 4.90. The quantitative estimate of drug-likeness (QED) is 0.875. The number of alkyl halides is 3. The molecule has 1 atom stereocenters. The van der Waals surface area contributed by atoms with Crippen LogP contribution < -0.4 is 10.5 Å².